The van der Waals surface area contributed by atoms with Gasteiger partial charge in [-0.2, -0.15) is 0 Å². The summed E-state index contributed by atoms with van der Waals surface area (Å²) in [6.45, 7) is 0. The zero-order valence-electron chi connectivity index (χ0n) is 12.0. The molecule has 5 nitrogen and oxygen atoms in total. The van der Waals surface area contributed by atoms with Crippen molar-refractivity contribution in [2.45, 2.75) is 23.8 Å². The fourth-order valence-electron chi connectivity index (χ4n) is 2.89. The lowest BCUT2D eigenvalue weighted by atomic mass is 10.0. The molecule has 0 saturated carbocycles. The summed E-state index contributed by atoms with van der Waals surface area (Å²) in [5, 5.41) is 9.38. The first-order valence-electron chi connectivity index (χ1n) is 7.02. The second kappa shape index (κ2) is 5.96. The number of nitrogens with one attached hydrogen (secondary N) is 1. The molecule has 120 valence electrons. The molecule has 0 bridgehead atoms. The van der Waals surface area contributed by atoms with Gasteiger partial charge in [-0.25, -0.2) is 17.9 Å². The molecule has 0 saturated heterocycles. The smallest absolute Gasteiger partial charge is 0.335 e. The van der Waals surface area contributed by atoms with Crippen LogP contribution < -0.4 is 4.72 Å². The summed E-state index contributed by atoms with van der Waals surface area (Å²) in [7, 11) is -3.78. The number of carboxylic acids is 1. The van der Waals surface area contributed by atoms with Crippen molar-refractivity contribution < 1.29 is 18.3 Å². The van der Waals surface area contributed by atoms with Crippen LogP contribution in [0.2, 0.25) is 5.02 Å². The van der Waals surface area contributed by atoms with E-state index in [0.29, 0.717) is 24.0 Å². The number of benzene rings is 2. The van der Waals surface area contributed by atoms with Gasteiger partial charge in [0.25, 0.3) is 0 Å². The number of carboxylic acid groups (broad SMARTS) is 1. The Morgan fingerprint density at radius 1 is 1.17 bits per heavy atom. The predicted molar refractivity (Wildman–Crippen MR) is 86.2 cm³/mol. The van der Waals surface area contributed by atoms with Crippen molar-refractivity contribution in [3.8, 4) is 0 Å². The normalized spacial score (nSPS) is 17.0. The van der Waals surface area contributed by atoms with Gasteiger partial charge in [0.2, 0.25) is 10.0 Å². The van der Waals surface area contributed by atoms with Gasteiger partial charge in [0.05, 0.1) is 10.6 Å². The molecule has 0 fully saturated rings. The van der Waals surface area contributed by atoms with Crippen molar-refractivity contribution >= 4 is 27.6 Å². The summed E-state index contributed by atoms with van der Waals surface area (Å²) < 4.78 is 27.7. The molecule has 0 aliphatic heterocycles. The van der Waals surface area contributed by atoms with Crippen LogP contribution in [0.25, 0.3) is 0 Å². The third kappa shape index (κ3) is 2.97. The van der Waals surface area contributed by atoms with E-state index < -0.39 is 22.0 Å². The highest BCUT2D eigenvalue weighted by Gasteiger charge is 2.30. The Morgan fingerprint density at radius 2 is 1.91 bits per heavy atom. The minimum absolute atomic E-state index is 0.0181. The molecule has 0 radical (unpaired) electrons. The highest BCUT2D eigenvalue weighted by molar-refractivity contribution is 7.89. The van der Waals surface area contributed by atoms with Crippen molar-refractivity contribution in [1.82, 2.24) is 4.72 Å². The molecule has 1 atom stereocenters. The zero-order chi connectivity index (χ0) is 16.6. The van der Waals surface area contributed by atoms with Crippen LogP contribution >= 0.6 is 11.6 Å². The first-order valence-corrected chi connectivity index (χ1v) is 8.88. The molecule has 0 unspecified atom stereocenters. The number of fused-ring (bicyclic) bond motifs is 1. The fraction of sp³-hybridized carbons (Fsp3) is 0.188. The van der Waals surface area contributed by atoms with E-state index in [9.17, 15) is 18.3 Å². The predicted octanol–water partition coefficient (Wildman–Crippen LogP) is 3.00. The molecular weight excluding hydrogens is 338 g/mol. The Hall–Kier alpha value is -1.89. The van der Waals surface area contributed by atoms with E-state index in [0.717, 1.165) is 0 Å². The average Bonchev–Trinajstić information content (AvgIpc) is 2.90. The summed E-state index contributed by atoms with van der Waals surface area (Å²) >= 11 is 5.96. The molecule has 0 aromatic heterocycles. The lowest BCUT2D eigenvalue weighted by Crippen LogP contribution is -2.27. The molecular formula is C16H14ClNO4S. The topological polar surface area (TPSA) is 83.5 Å². The van der Waals surface area contributed by atoms with Gasteiger partial charge >= 0.3 is 5.97 Å². The summed E-state index contributed by atoms with van der Waals surface area (Å²) in [4.78, 5) is 11.3. The molecule has 3 rings (SSSR count). The standard InChI is InChI=1S/C16H14ClNO4S/c17-13-6-1-2-7-15(13)23(21,22)18-14-9-8-10-11(14)4-3-5-12(10)16(19)20/h1-7,14,18H,8-9H2,(H,19,20)/t14-/m1/s1. The number of hydrogen-bond acceptors (Lipinski definition) is 3. The van der Waals surface area contributed by atoms with Gasteiger partial charge in [-0.15, -0.1) is 0 Å². The van der Waals surface area contributed by atoms with E-state index in [1.165, 1.54) is 18.2 Å². The molecule has 0 spiro atoms. The molecule has 1 aliphatic carbocycles. The van der Waals surface area contributed by atoms with Crippen molar-refractivity contribution in [3.05, 3.63) is 64.2 Å². The second-order valence-electron chi connectivity index (χ2n) is 5.32. The molecule has 7 heteroatoms. The first kappa shape index (κ1) is 16.0. The number of halogens is 1. The van der Waals surface area contributed by atoms with Gasteiger partial charge in [0.15, 0.2) is 0 Å². The van der Waals surface area contributed by atoms with Crippen LogP contribution in [0.3, 0.4) is 0 Å². The van der Waals surface area contributed by atoms with E-state index in [-0.39, 0.29) is 15.5 Å². The molecule has 23 heavy (non-hydrogen) atoms. The fourth-order valence-corrected chi connectivity index (χ4v) is 4.66. The quantitative estimate of drug-likeness (QED) is 0.886. The molecule has 0 amide bonds. The van der Waals surface area contributed by atoms with Crippen LogP contribution in [0.4, 0.5) is 0 Å². The third-order valence-electron chi connectivity index (χ3n) is 3.92. The maximum Gasteiger partial charge on any atom is 0.335 e. The molecule has 0 heterocycles. The molecule has 1 aliphatic rings. The van der Waals surface area contributed by atoms with Gasteiger partial charge in [-0.05, 0) is 42.2 Å². The highest BCUT2D eigenvalue weighted by Crippen LogP contribution is 2.35. The number of hydrogen-bond donors (Lipinski definition) is 2. The van der Waals surface area contributed by atoms with Crippen LogP contribution in [0.15, 0.2) is 47.4 Å². The van der Waals surface area contributed by atoms with Gasteiger partial charge in [0.1, 0.15) is 4.90 Å². The van der Waals surface area contributed by atoms with Crippen LogP contribution in [0.1, 0.15) is 33.9 Å². The highest BCUT2D eigenvalue weighted by atomic mass is 35.5. The van der Waals surface area contributed by atoms with Crippen LogP contribution in [-0.2, 0) is 16.4 Å². The summed E-state index contributed by atoms with van der Waals surface area (Å²) in [5.41, 5.74) is 1.62. The minimum Gasteiger partial charge on any atom is -0.478 e. The maximum absolute atomic E-state index is 12.5. The zero-order valence-corrected chi connectivity index (χ0v) is 13.6. The third-order valence-corrected chi connectivity index (χ3v) is 5.90. The Kier molecular flexibility index (Phi) is 4.14. The lowest BCUT2D eigenvalue weighted by Gasteiger charge is -2.15. The monoisotopic (exact) mass is 351 g/mol. The SMILES string of the molecule is O=C(O)c1cccc2c1CC[C@H]2NS(=O)(=O)c1ccccc1Cl. The largest absolute Gasteiger partial charge is 0.478 e. The molecule has 2 aromatic rings. The summed E-state index contributed by atoms with van der Waals surface area (Å²) in [6, 6.07) is 10.7. The number of carbonyl (C=O) groups is 1. The maximum atomic E-state index is 12.5. The number of aromatic carboxylic acids is 1. The summed E-state index contributed by atoms with van der Waals surface area (Å²) in [5.74, 6) is -1.00. The van der Waals surface area contributed by atoms with Gasteiger partial charge in [-0.3, -0.25) is 0 Å². The average molecular weight is 352 g/mol. The van der Waals surface area contributed by atoms with Gasteiger partial charge < -0.3 is 5.11 Å². The van der Waals surface area contributed by atoms with Crippen molar-refractivity contribution in [2.75, 3.05) is 0 Å². The van der Waals surface area contributed by atoms with Crippen LogP contribution in [-0.4, -0.2) is 19.5 Å². The summed E-state index contributed by atoms with van der Waals surface area (Å²) in [6.07, 6.45) is 1.04. The van der Waals surface area contributed by atoms with E-state index in [1.54, 1.807) is 24.3 Å². The number of sulfonamides is 1. The number of rotatable bonds is 4. The Bertz CT molecular complexity index is 879. The minimum atomic E-state index is -3.78. The van der Waals surface area contributed by atoms with Gasteiger partial charge in [-0.1, -0.05) is 35.9 Å². The molecule has 2 N–H and O–H groups in total. The van der Waals surface area contributed by atoms with E-state index in [1.807, 2.05) is 0 Å². The van der Waals surface area contributed by atoms with Crippen molar-refractivity contribution in [1.29, 1.82) is 0 Å². The molecule has 2 aromatic carbocycles. The van der Waals surface area contributed by atoms with Crippen molar-refractivity contribution in [3.63, 3.8) is 0 Å². The van der Waals surface area contributed by atoms with Crippen LogP contribution in [0.5, 0.6) is 0 Å². The van der Waals surface area contributed by atoms with E-state index in [2.05, 4.69) is 4.72 Å². The van der Waals surface area contributed by atoms with Crippen molar-refractivity contribution in [2.24, 2.45) is 0 Å². The Balaban J connectivity index is 1.94. The first-order chi connectivity index (χ1) is 10.9. The second-order valence-corrected chi connectivity index (χ2v) is 7.41. The Morgan fingerprint density at radius 3 is 2.61 bits per heavy atom. The van der Waals surface area contributed by atoms with E-state index in [4.69, 9.17) is 11.6 Å². The lowest BCUT2D eigenvalue weighted by molar-refractivity contribution is 0.0695. The Labute approximate surface area is 139 Å². The van der Waals surface area contributed by atoms with Gasteiger partial charge in [0, 0.05) is 6.04 Å². The van der Waals surface area contributed by atoms with E-state index >= 15 is 0 Å². The van der Waals surface area contributed by atoms with Crippen LogP contribution in [0, 0.1) is 0 Å².